The molecule has 1 aliphatic heterocycles. The number of rotatable bonds is 5. The quantitative estimate of drug-likeness (QED) is 0.812. The van der Waals surface area contributed by atoms with Gasteiger partial charge in [-0.05, 0) is 45.7 Å². The molecule has 2 amide bonds. The Morgan fingerprint density at radius 1 is 1.27 bits per heavy atom. The van der Waals surface area contributed by atoms with Crippen molar-refractivity contribution >= 4 is 11.8 Å². The van der Waals surface area contributed by atoms with Gasteiger partial charge in [0.1, 0.15) is 0 Å². The molecule has 0 atom stereocenters. The minimum atomic E-state index is -0.474. The van der Waals surface area contributed by atoms with Gasteiger partial charge in [0.25, 0.3) is 5.91 Å². The minimum Gasteiger partial charge on any atom is -0.349 e. The molecule has 1 aromatic rings. The van der Waals surface area contributed by atoms with E-state index in [0.29, 0.717) is 18.3 Å². The fourth-order valence-corrected chi connectivity index (χ4v) is 4.27. The lowest BCUT2D eigenvalue weighted by Crippen LogP contribution is -2.46. The molecule has 144 valence electrons. The molecule has 1 saturated carbocycles. The summed E-state index contributed by atoms with van der Waals surface area (Å²) in [5.74, 6) is -0.133. The molecule has 0 bridgehead atoms. The Hall–Kier alpha value is -1.96. The Bertz CT molecular complexity index is 657. The molecule has 8 heteroatoms. The van der Waals surface area contributed by atoms with Crippen LogP contribution in [0.3, 0.4) is 0 Å². The number of piperidine rings is 1. The first-order valence-electron chi connectivity index (χ1n) is 9.57. The number of amides is 2. The van der Waals surface area contributed by atoms with Gasteiger partial charge in [0.2, 0.25) is 5.91 Å². The van der Waals surface area contributed by atoms with Crippen molar-refractivity contribution in [1.82, 2.24) is 30.5 Å². The molecule has 2 fully saturated rings. The van der Waals surface area contributed by atoms with Crippen LogP contribution >= 0.6 is 0 Å². The monoisotopic (exact) mass is 362 g/mol. The van der Waals surface area contributed by atoms with Crippen molar-refractivity contribution in [3.05, 3.63) is 11.4 Å². The van der Waals surface area contributed by atoms with Crippen LogP contribution in [-0.4, -0.2) is 65.4 Å². The van der Waals surface area contributed by atoms with Gasteiger partial charge >= 0.3 is 0 Å². The molecule has 0 radical (unpaired) electrons. The van der Waals surface area contributed by atoms with Crippen LogP contribution in [-0.2, 0) is 4.79 Å². The molecule has 2 N–H and O–H groups in total. The number of nitrogens with one attached hydrogen (secondary N) is 2. The number of aromatic nitrogens is 3. The maximum absolute atomic E-state index is 12.7. The summed E-state index contributed by atoms with van der Waals surface area (Å²) < 4.78 is 1.88. The highest BCUT2D eigenvalue weighted by molar-refractivity contribution is 5.93. The highest BCUT2D eigenvalue weighted by Crippen LogP contribution is 2.39. The molecule has 3 rings (SSSR count). The molecular formula is C18H30N6O2. The minimum absolute atomic E-state index is 0.102. The molecular weight excluding hydrogens is 332 g/mol. The summed E-state index contributed by atoms with van der Waals surface area (Å²) in [5, 5.41) is 14.6. The summed E-state index contributed by atoms with van der Waals surface area (Å²) in [6.45, 7) is 4.18. The van der Waals surface area contributed by atoms with Crippen molar-refractivity contribution in [2.45, 2.75) is 51.5 Å². The molecule has 0 aromatic carbocycles. The number of hydrogen-bond donors (Lipinski definition) is 2. The molecule has 2 heterocycles. The largest absolute Gasteiger partial charge is 0.349 e. The smallest absolute Gasteiger partial charge is 0.273 e. The lowest BCUT2D eigenvalue weighted by atomic mass is 9.84. The molecule has 1 aromatic heterocycles. The van der Waals surface area contributed by atoms with Crippen molar-refractivity contribution in [3.8, 4) is 0 Å². The molecule has 0 unspecified atom stereocenters. The van der Waals surface area contributed by atoms with Crippen LogP contribution in [0.4, 0.5) is 0 Å². The van der Waals surface area contributed by atoms with Crippen molar-refractivity contribution in [2.24, 2.45) is 5.41 Å². The Morgan fingerprint density at radius 2 is 1.92 bits per heavy atom. The number of nitrogens with zero attached hydrogens (tertiary/aromatic N) is 4. The van der Waals surface area contributed by atoms with Gasteiger partial charge in [0.05, 0.1) is 17.2 Å². The Morgan fingerprint density at radius 3 is 2.54 bits per heavy atom. The second kappa shape index (κ2) is 7.73. The zero-order valence-corrected chi connectivity index (χ0v) is 16.0. The maximum atomic E-state index is 12.7. The normalized spacial score (nSPS) is 20.1. The third-order valence-electron chi connectivity index (χ3n) is 5.80. The van der Waals surface area contributed by atoms with Crippen molar-refractivity contribution in [2.75, 3.05) is 33.7 Å². The predicted molar refractivity (Wildman–Crippen MR) is 97.8 cm³/mol. The summed E-state index contributed by atoms with van der Waals surface area (Å²) >= 11 is 0. The van der Waals surface area contributed by atoms with Crippen LogP contribution in [0.2, 0.25) is 0 Å². The Balaban J connectivity index is 1.68. The van der Waals surface area contributed by atoms with E-state index in [0.717, 1.165) is 57.3 Å². The molecule has 1 saturated heterocycles. The van der Waals surface area contributed by atoms with E-state index in [1.165, 1.54) is 0 Å². The van der Waals surface area contributed by atoms with Crippen LogP contribution in [0.15, 0.2) is 0 Å². The third-order valence-corrected chi connectivity index (χ3v) is 5.80. The fourth-order valence-electron chi connectivity index (χ4n) is 4.27. The lowest BCUT2D eigenvalue weighted by molar-refractivity contribution is -0.138. The summed E-state index contributed by atoms with van der Waals surface area (Å²) in [6.07, 6.45) is 5.69. The zero-order valence-electron chi connectivity index (χ0n) is 16.0. The summed E-state index contributed by atoms with van der Waals surface area (Å²) in [5.41, 5.74) is 0.695. The lowest BCUT2D eigenvalue weighted by Gasteiger charge is -2.30. The zero-order chi connectivity index (χ0) is 18.7. The molecule has 2 aliphatic rings. The SMILES string of the molecule is Cc1c(C(=O)NCC2(C(=O)N(C)C)CCCC2)nnn1C1CCNCC1. The maximum Gasteiger partial charge on any atom is 0.273 e. The average molecular weight is 362 g/mol. The number of carbonyl (C=O) groups excluding carboxylic acids is 2. The fraction of sp³-hybridized carbons (Fsp3) is 0.778. The summed E-state index contributed by atoms with van der Waals surface area (Å²) in [7, 11) is 3.55. The Labute approximate surface area is 154 Å². The van der Waals surface area contributed by atoms with Crippen molar-refractivity contribution in [1.29, 1.82) is 0 Å². The van der Waals surface area contributed by atoms with Gasteiger partial charge in [-0.15, -0.1) is 5.10 Å². The molecule has 0 spiro atoms. The third kappa shape index (κ3) is 3.60. The van der Waals surface area contributed by atoms with Gasteiger partial charge in [-0.2, -0.15) is 0 Å². The summed E-state index contributed by atoms with van der Waals surface area (Å²) in [6, 6.07) is 0.293. The first kappa shape index (κ1) is 18.8. The first-order valence-corrected chi connectivity index (χ1v) is 9.57. The molecule has 1 aliphatic carbocycles. The second-order valence-electron chi connectivity index (χ2n) is 7.82. The van der Waals surface area contributed by atoms with E-state index in [1.54, 1.807) is 19.0 Å². The van der Waals surface area contributed by atoms with E-state index < -0.39 is 5.41 Å². The van der Waals surface area contributed by atoms with Gasteiger partial charge in [0.15, 0.2) is 5.69 Å². The van der Waals surface area contributed by atoms with Gasteiger partial charge in [-0.25, -0.2) is 4.68 Å². The first-order chi connectivity index (χ1) is 12.4. The number of hydrogen-bond acceptors (Lipinski definition) is 5. The van der Waals surface area contributed by atoms with Crippen LogP contribution in [0.25, 0.3) is 0 Å². The van der Waals surface area contributed by atoms with Crippen LogP contribution < -0.4 is 10.6 Å². The Kier molecular flexibility index (Phi) is 5.60. The highest BCUT2D eigenvalue weighted by Gasteiger charge is 2.42. The van der Waals surface area contributed by atoms with E-state index in [1.807, 2.05) is 11.6 Å². The van der Waals surface area contributed by atoms with Gasteiger partial charge in [0, 0.05) is 20.6 Å². The van der Waals surface area contributed by atoms with Gasteiger partial charge in [-0.1, -0.05) is 18.1 Å². The summed E-state index contributed by atoms with van der Waals surface area (Å²) in [4.78, 5) is 27.0. The standard InChI is InChI=1S/C18H30N6O2/c1-13-15(21-22-24(13)14-6-10-19-11-7-14)16(25)20-12-18(8-4-5-9-18)17(26)23(2)3/h14,19H,4-12H2,1-3H3,(H,20,25). The van der Waals surface area contributed by atoms with E-state index in [-0.39, 0.29) is 11.8 Å². The van der Waals surface area contributed by atoms with E-state index in [9.17, 15) is 9.59 Å². The average Bonchev–Trinajstić information content (AvgIpc) is 3.27. The molecule has 8 nitrogen and oxygen atoms in total. The van der Waals surface area contributed by atoms with Crippen molar-refractivity contribution in [3.63, 3.8) is 0 Å². The van der Waals surface area contributed by atoms with Crippen molar-refractivity contribution < 1.29 is 9.59 Å². The highest BCUT2D eigenvalue weighted by atomic mass is 16.2. The van der Waals surface area contributed by atoms with E-state index in [4.69, 9.17) is 0 Å². The van der Waals surface area contributed by atoms with E-state index >= 15 is 0 Å². The van der Waals surface area contributed by atoms with Crippen LogP contribution in [0.1, 0.15) is 60.7 Å². The molecule has 26 heavy (non-hydrogen) atoms. The van der Waals surface area contributed by atoms with Crippen LogP contribution in [0.5, 0.6) is 0 Å². The van der Waals surface area contributed by atoms with Crippen LogP contribution in [0, 0.1) is 12.3 Å². The van der Waals surface area contributed by atoms with E-state index in [2.05, 4.69) is 20.9 Å². The predicted octanol–water partition coefficient (Wildman–Crippen LogP) is 0.889. The van der Waals surface area contributed by atoms with Gasteiger partial charge < -0.3 is 15.5 Å². The number of carbonyl (C=O) groups is 2. The second-order valence-corrected chi connectivity index (χ2v) is 7.82. The topological polar surface area (TPSA) is 92.2 Å². The van der Waals surface area contributed by atoms with Gasteiger partial charge in [-0.3, -0.25) is 9.59 Å².